The van der Waals surface area contributed by atoms with Gasteiger partial charge in [0.05, 0.1) is 6.54 Å². The van der Waals surface area contributed by atoms with Gasteiger partial charge >= 0.3 is 0 Å². The molecule has 1 N–H and O–H groups in total. The molecule has 0 bridgehead atoms. The summed E-state index contributed by atoms with van der Waals surface area (Å²) in [6.45, 7) is 6.27. The largest absolute Gasteiger partial charge is 0.382 e. The zero-order valence-corrected chi connectivity index (χ0v) is 12.7. The first kappa shape index (κ1) is 13.9. The van der Waals surface area contributed by atoms with Gasteiger partial charge in [0, 0.05) is 4.48 Å². The minimum Gasteiger partial charge on any atom is -0.382 e. The van der Waals surface area contributed by atoms with Crippen LogP contribution in [0.1, 0.15) is 20.8 Å². The average molecular weight is 353 g/mol. The highest BCUT2D eigenvalue weighted by molar-refractivity contribution is 9.14. The molecule has 0 aromatic carbocycles. The third-order valence-corrected chi connectivity index (χ3v) is 4.55. The zero-order valence-electron chi connectivity index (χ0n) is 9.48. The second-order valence-electron chi connectivity index (χ2n) is 4.66. The Bertz CT molecular complexity index is 370. The van der Waals surface area contributed by atoms with Gasteiger partial charge in [0.15, 0.2) is 0 Å². The van der Waals surface area contributed by atoms with Crippen LogP contribution in [0.25, 0.3) is 0 Å². The molecule has 1 rings (SSSR count). The van der Waals surface area contributed by atoms with E-state index in [2.05, 4.69) is 41.9 Å². The number of aromatic nitrogens is 3. The normalized spacial score (nSPS) is 17.2. The van der Waals surface area contributed by atoms with Crippen LogP contribution in [-0.4, -0.2) is 25.5 Å². The topological polar surface area (TPSA) is 50.9 Å². The molecule has 1 heterocycles. The summed E-state index contributed by atoms with van der Waals surface area (Å²) in [5, 5.41) is 14.8. The Hall–Kier alpha value is -0.200. The van der Waals surface area contributed by atoms with Crippen molar-refractivity contribution in [2.45, 2.75) is 32.9 Å². The Morgan fingerprint density at radius 3 is 2.50 bits per heavy atom. The van der Waals surface area contributed by atoms with Crippen LogP contribution in [0.2, 0.25) is 0 Å². The smallest absolute Gasteiger partial charge is 0.137 e. The first-order valence-corrected chi connectivity index (χ1v) is 6.53. The van der Waals surface area contributed by atoms with Crippen molar-refractivity contribution in [3.8, 4) is 0 Å². The minimum absolute atomic E-state index is 0.331. The van der Waals surface area contributed by atoms with Gasteiger partial charge in [-0.05, 0) is 10.4 Å². The maximum Gasteiger partial charge on any atom is 0.137 e. The fraction of sp³-hybridized carbons (Fsp3) is 0.600. The number of hydrogen-bond donors (Lipinski definition) is 1. The summed E-state index contributed by atoms with van der Waals surface area (Å²) < 4.78 is 2.30. The zero-order chi connectivity index (χ0) is 12.4. The van der Waals surface area contributed by atoms with Crippen molar-refractivity contribution in [1.29, 1.82) is 0 Å². The van der Waals surface area contributed by atoms with Gasteiger partial charge in [-0.2, -0.15) is 5.10 Å². The SMILES string of the molecule is CC(C)(C)C(O)(Cn1cncn1)C(Br)=CBr. The Balaban J connectivity index is 3.06. The summed E-state index contributed by atoms with van der Waals surface area (Å²) in [6, 6.07) is 0. The molecule has 4 nitrogen and oxygen atoms in total. The lowest BCUT2D eigenvalue weighted by atomic mass is 9.76. The number of aliphatic hydroxyl groups is 1. The maximum atomic E-state index is 10.8. The van der Waals surface area contributed by atoms with E-state index in [1.807, 2.05) is 20.8 Å². The Labute approximate surface area is 112 Å². The minimum atomic E-state index is -1.04. The number of nitrogens with zero attached hydrogens (tertiary/aromatic N) is 3. The second kappa shape index (κ2) is 4.98. The molecule has 1 aromatic heterocycles. The highest BCUT2D eigenvalue weighted by atomic mass is 79.9. The van der Waals surface area contributed by atoms with Crippen molar-refractivity contribution in [2.24, 2.45) is 5.41 Å². The van der Waals surface area contributed by atoms with Gasteiger partial charge < -0.3 is 5.11 Å². The lowest BCUT2D eigenvalue weighted by molar-refractivity contribution is -0.0329. The average Bonchev–Trinajstić information content (AvgIpc) is 2.67. The van der Waals surface area contributed by atoms with Crippen LogP contribution in [0, 0.1) is 5.41 Å². The maximum absolute atomic E-state index is 10.8. The van der Waals surface area contributed by atoms with Crippen LogP contribution in [0.15, 0.2) is 22.1 Å². The van der Waals surface area contributed by atoms with Crippen molar-refractivity contribution in [3.05, 3.63) is 22.1 Å². The molecule has 1 atom stereocenters. The molecule has 0 saturated heterocycles. The van der Waals surface area contributed by atoms with E-state index < -0.39 is 5.60 Å². The molecule has 1 unspecified atom stereocenters. The van der Waals surface area contributed by atoms with E-state index >= 15 is 0 Å². The van der Waals surface area contributed by atoms with Gasteiger partial charge in [-0.1, -0.05) is 52.6 Å². The lowest BCUT2D eigenvalue weighted by Gasteiger charge is -2.39. The van der Waals surface area contributed by atoms with E-state index in [9.17, 15) is 5.11 Å². The van der Waals surface area contributed by atoms with Crippen molar-refractivity contribution in [2.75, 3.05) is 0 Å². The summed E-state index contributed by atoms with van der Waals surface area (Å²) in [7, 11) is 0. The predicted octanol–water partition coefficient (Wildman–Crippen LogP) is 2.69. The Morgan fingerprint density at radius 1 is 1.50 bits per heavy atom. The fourth-order valence-electron chi connectivity index (χ4n) is 1.31. The van der Waals surface area contributed by atoms with E-state index in [0.717, 1.165) is 0 Å². The van der Waals surface area contributed by atoms with E-state index in [1.54, 1.807) is 16.0 Å². The Kier molecular flexibility index (Phi) is 4.31. The van der Waals surface area contributed by atoms with Gasteiger partial charge in [0.1, 0.15) is 18.3 Å². The van der Waals surface area contributed by atoms with Crippen molar-refractivity contribution in [1.82, 2.24) is 14.8 Å². The molecule has 0 aliphatic carbocycles. The van der Waals surface area contributed by atoms with Crippen LogP contribution < -0.4 is 0 Å². The monoisotopic (exact) mass is 351 g/mol. The number of rotatable bonds is 3. The molecule has 6 heteroatoms. The lowest BCUT2D eigenvalue weighted by Crippen LogP contribution is -2.47. The van der Waals surface area contributed by atoms with Gasteiger partial charge in [-0.15, -0.1) is 0 Å². The number of halogens is 2. The highest BCUT2D eigenvalue weighted by Gasteiger charge is 2.43. The Morgan fingerprint density at radius 2 is 2.12 bits per heavy atom. The van der Waals surface area contributed by atoms with E-state index in [4.69, 9.17) is 0 Å². The number of hydrogen-bond acceptors (Lipinski definition) is 3. The van der Waals surface area contributed by atoms with Crippen LogP contribution in [0.3, 0.4) is 0 Å². The van der Waals surface area contributed by atoms with Crippen molar-refractivity contribution >= 4 is 31.9 Å². The molecule has 1 aromatic rings. The summed E-state index contributed by atoms with van der Waals surface area (Å²) in [4.78, 5) is 5.54. The molecular weight excluding hydrogens is 338 g/mol. The van der Waals surface area contributed by atoms with Gasteiger partial charge in [-0.25, -0.2) is 9.67 Å². The van der Waals surface area contributed by atoms with Crippen molar-refractivity contribution < 1.29 is 5.11 Å². The predicted molar refractivity (Wildman–Crippen MR) is 70.4 cm³/mol. The molecule has 0 spiro atoms. The summed E-state index contributed by atoms with van der Waals surface area (Å²) in [5.74, 6) is 0. The first-order chi connectivity index (χ1) is 7.31. The molecule has 0 fully saturated rings. The standard InChI is InChI=1S/C10H15Br2N3O/c1-9(2,3)10(16,8(12)4-11)5-15-7-13-6-14-15/h4,6-7,16H,5H2,1-3H3. The molecule has 16 heavy (non-hydrogen) atoms. The van der Waals surface area contributed by atoms with E-state index in [1.165, 1.54) is 6.33 Å². The van der Waals surface area contributed by atoms with Crippen LogP contribution in [-0.2, 0) is 6.54 Å². The third-order valence-electron chi connectivity index (χ3n) is 2.59. The molecule has 0 aliphatic rings. The van der Waals surface area contributed by atoms with E-state index in [-0.39, 0.29) is 5.41 Å². The second-order valence-corrected chi connectivity index (χ2v) is 5.97. The summed E-state index contributed by atoms with van der Waals surface area (Å²) >= 11 is 6.62. The molecule has 0 amide bonds. The van der Waals surface area contributed by atoms with Crippen LogP contribution in [0.5, 0.6) is 0 Å². The molecule has 0 aliphatic heterocycles. The van der Waals surface area contributed by atoms with E-state index in [0.29, 0.717) is 11.0 Å². The van der Waals surface area contributed by atoms with Gasteiger partial charge in [0.2, 0.25) is 0 Å². The van der Waals surface area contributed by atoms with Gasteiger partial charge in [-0.3, -0.25) is 0 Å². The molecule has 0 saturated carbocycles. The fourth-order valence-corrected chi connectivity index (χ4v) is 2.41. The molecule has 0 radical (unpaired) electrons. The summed E-state index contributed by atoms with van der Waals surface area (Å²) in [5.41, 5.74) is -1.37. The quantitative estimate of drug-likeness (QED) is 0.909. The van der Waals surface area contributed by atoms with Crippen LogP contribution >= 0.6 is 31.9 Å². The molecule has 90 valence electrons. The third kappa shape index (κ3) is 2.73. The van der Waals surface area contributed by atoms with Crippen LogP contribution in [0.4, 0.5) is 0 Å². The molecular formula is C10H15Br2N3O. The van der Waals surface area contributed by atoms with Gasteiger partial charge in [0.25, 0.3) is 0 Å². The van der Waals surface area contributed by atoms with Crippen molar-refractivity contribution in [3.63, 3.8) is 0 Å². The first-order valence-electron chi connectivity index (χ1n) is 4.82. The highest BCUT2D eigenvalue weighted by Crippen LogP contribution is 2.40. The summed E-state index contributed by atoms with van der Waals surface area (Å²) in [6.07, 6.45) is 3.04.